The van der Waals surface area contributed by atoms with E-state index in [0.717, 1.165) is 32.8 Å². The second-order valence-corrected chi connectivity index (χ2v) is 6.34. The second kappa shape index (κ2) is 5.35. The Bertz CT molecular complexity index is 982. The van der Waals surface area contributed by atoms with Crippen LogP contribution in [0, 0.1) is 5.82 Å². The summed E-state index contributed by atoms with van der Waals surface area (Å²) in [6, 6.07) is 14.6. The van der Waals surface area contributed by atoms with Crippen molar-refractivity contribution in [1.82, 2.24) is 14.0 Å². The van der Waals surface area contributed by atoms with Crippen molar-refractivity contribution >= 4 is 21.7 Å². The van der Waals surface area contributed by atoms with Gasteiger partial charge in [-0.15, -0.1) is 0 Å². The van der Waals surface area contributed by atoms with Crippen LogP contribution in [0.4, 0.5) is 4.39 Å². The summed E-state index contributed by atoms with van der Waals surface area (Å²) in [5.41, 5.74) is 3.95. The van der Waals surface area contributed by atoms with Crippen LogP contribution in [0.5, 0.6) is 0 Å². The van der Waals surface area contributed by atoms with Gasteiger partial charge in [0.15, 0.2) is 0 Å². The van der Waals surface area contributed by atoms with E-state index in [0.29, 0.717) is 0 Å². The highest BCUT2D eigenvalue weighted by atomic mass is 79.9. The molecule has 23 heavy (non-hydrogen) atoms. The molecular formula is C18H13BrFN3. The summed E-state index contributed by atoms with van der Waals surface area (Å²) in [5, 5.41) is 0. The molecular weight excluding hydrogens is 357 g/mol. The Kier molecular flexibility index (Phi) is 3.31. The van der Waals surface area contributed by atoms with Crippen molar-refractivity contribution in [2.75, 3.05) is 0 Å². The van der Waals surface area contributed by atoms with E-state index in [1.807, 2.05) is 29.8 Å². The van der Waals surface area contributed by atoms with Gasteiger partial charge < -0.3 is 4.57 Å². The Labute approximate surface area is 141 Å². The van der Waals surface area contributed by atoms with E-state index in [4.69, 9.17) is 0 Å². The van der Waals surface area contributed by atoms with E-state index < -0.39 is 0 Å². The molecule has 2 aromatic carbocycles. The van der Waals surface area contributed by atoms with Gasteiger partial charge in [0.2, 0.25) is 5.78 Å². The second-order valence-electron chi connectivity index (χ2n) is 5.42. The average Bonchev–Trinajstić information content (AvgIpc) is 3.09. The van der Waals surface area contributed by atoms with Gasteiger partial charge in [-0.2, -0.15) is 0 Å². The number of aromatic nitrogens is 3. The van der Waals surface area contributed by atoms with Crippen LogP contribution in [-0.4, -0.2) is 14.0 Å². The number of nitrogens with zero attached hydrogens (tertiary/aromatic N) is 3. The molecule has 4 rings (SSSR count). The van der Waals surface area contributed by atoms with Gasteiger partial charge in [0.05, 0.1) is 11.4 Å². The molecule has 114 valence electrons. The lowest BCUT2D eigenvalue weighted by molar-refractivity contribution is 0.628. The Morgan fingerprint density at radius 3 is 2.22 bits per heavy atom. The van der Waals surface area contributed by atoms with Crippen molar-refractivity contribution < 1.29 is 4.39 Å². The SMILES string of the molecule is Cn1c(-c2ccc(Br)cc2)cn2cc(-c3ccc(F)cc3)nc12. The quantitative estimate of drug-likeness (QED) is 0.492. The molecule has 0 bridgehead atoms. The number of fused-ring (bicyclic) bond motifs is 1. The minimum atomic E-state index is -0.241. The van der Waals surface area contributed by atoms with Crippen LogP contribution in [0.1, 0.15) is 0 Å². The Morgan fingerprint density at radius 2 is 1.57 bits per heavy atom. The first-order valence-electron chi connectivity index (χ1n) is 7.18. The van der Waals surface area contributed by atoms with Gasteiger partial charge in [-0.05, 0) is 42.0 Å². The van der Waals surface area contributed by atoms with Crippen molar-refractivity contribution in [2.45, 2.75) is 0 Å². The molecule has 3 nitrogen and oxygen atoms in total. The lowest BCUT2D eigenvalue weighted by atomic mass is 10.1. The number of rotatable bonds is 2. The van der Waals surface area contributed by atoms with E-state index in [1.54, 1.807) is 12.1 Å². The molecule has 2 heterocycles. The molecule has 0 aliphatic heterocycles. The molecule has 0 aliphatic carbocycles. The van der Waals surface area contributed by atoms with Crippen molar-refractivity contribution in [2.24, 2.45) is 7.05 Å². The summed E-state index contributed by atoms with van der Waals surface area (Å²) in [6.45, 7) is 0. The maximum atomic E-state index is 13.0. The molecule has 0 aliphatic rings. The standard InChI is InChI=1S/C18H13BrFN3/c1-22-17(13-2-6-14(19)7-3-13)11-23-10-16(21-18(22)23)12-4-8-15(20)9-5-12/h2-11H,1H3. The van der Waals surface area contributed by atoms with Gasteiger partial charge in [-0.1, -0.05) is 28.1 Å². The fraction of sp³-hybridized carbons (Fsp3) is 0.0556. The number of hydrogen-bond acceptors (Lipinski definition) is 1. The molecule has 0 radical (unpaired) electrons. The van der Waals surface area contributed by atoms with E-state index in [2.05, 4.69) is 43.8 Å². The minimum absolute atomic E-state index is 0.241. The van der Waals surface area contributed by atoms with Gasteiger partial charge in [0.1, 0.15) is 5.82 Å². The highest BCUT2D eigenvalue weighted by Crippen LogP contribution is 2.26. The van der Waals surface area contributed by atoms with Crippen LogP contribution < -0.4 is 0 Å². The van der Waals surface area contributed by atoms with Crippen LogP contribution in [0.2, 0.25) is 0 Å². The molecule has 0 fully saturated rings. The normalized spacial score (nSPS) is 11.3. The summed E-state index contributed by atoms with van der Waals surface area (Å²) in [4.78, 5) is 4.67. The number of aryl methyl sites for hydroxylation is 1. The Morgan fingerprint density at radius 1 is 0.913 bits per heavy atom. The third kappa shape index (κ3) is 2.47. The molecule has 0 amide bonds. The Balaban J connectivity index is 1.80. The van der Waals surface area contributed by atoms with Gasteiger partial charge in [-0.25, -0.2) is 9.37 Å². The summed E-state index contributed by atoms with van der Waals surface area (Å²) >= 11 is 3.45. The number of benzene rings is 2. The van der Waals surface area contributed by atoms with Crippen molar-refractivity contribution in [3.8, 4) is 22.5 Å². The zero-order valence-electron chi connectivity index (χ0n) is 12.4. The third-order valence-corrected chi connectivity index (χ3v) is 4.44. The molecule has 0 atom stereocenters. The van der Waals surface area contributed by atoms with E-state index in [1.165, 1.54) is 12.1 Å². The molecule has 0 N–H and O–H groups in total. The smallest absolute Gasteiger partial charge is 0.214 e. The van der Waals surface area contributed by atoms with E-state index in [-0.39, 0.29) is 5.82 Å². The summed E-state index contributed by atoms with van der Waals surface area (Å²) in [6.07, 6.45) is 4.02. The van der Waals surface area contributed by atoms with Crippen LogP contribution >= 0.6 is 15.9 Å². The fourth-order valence-electron chi connectivity index (χ4n) is 2.70. The van der Waals surface area contributed by atoms with Gasteiger partial charge in [0.25, 0.3) is 0 Å². The lowest BCUT2D eigenvalue weighted by Gasteiger charge is -2.03. The Hall–Kier alpha value is -2.40. The van der Waals surface area contributed by atoms with Crippen molar-refractivity contribution in [3.63, 3.8) is 0 Å². The summed E-state index contributed by atoms with van der Waals surface area (Å²) in [7, 11) is 1.99. The first kappa shape index (κ1) is 14.2. The fourth-order valence-corrected chi connectivity index (χ4v) is 2.97. The molecule has 2 aromatic heterocycles. The van der Waals surface area contributed by atoms with Gasteiger partial charge >= 0.3 is 0 Å². The number of halogens is 2. The highest BCUT2D eigenvalue weighted by molar-refractivity contribution is 9.10. The average molecular weight is 370 g/mol. The highest BCUT2D eigenvalue weighted by Gasteiger charge is 2.12. The van der Waals surface area contributed by atoms with E-state index >= 15 is 0 Å². The largest absolute Gasteiger partial charge is 0.313 e. The van der Waals surface area contributed by atoms with Crippen LogP contribution in [0.3, 0.4) is 0 Å². The predicted octanol–water partition coefficient (Wildman–Crippen LogP) is 4.91. The lowest BCUT2D eigenvalue weighted by Crippen LogP contribution is -1.92. The van der Waals surface area contributed by atoms with Gasteiger partial charge in [-0.3, -0.25) is 4.40 Å². The topological polar surface area (TPSA) is 22.2 Å². The maximum absolute atomic E-state index is 13.0. The van der Waals surface area contributed by atoms with E-state index in [9.17, 15) is 4.39 Å². The molecule has 0 unspecified atom stereocenters. The first-order chi connectivity index (χ1) is 11.1. The number of hydrogen-bond donors (Lipinski definition) is 0. The van der Waals surface area contributed by atoms with Crippen LogP contribution in [-0.2, 0) is 7.05 Å². The van der Waals surface area contributed by atoms with Crippen LogP contribution in [0.15, 0.2) is 65.4 Å². The van der Waals surface area contributed by atoms with Crippen molar-refractivity contribution in [1.29, 1.82) is 0 Å². The summed E-state index contributed by atoms with van der Waals surface area (Å²) < 4.78 is 18.1. The molecule has 0 saturated carbocycles. The van der Waals surface area contributed by atoms with Crippen LogP contribution in [0.25, 0.3) is 28.3 Å². The third-order valence-electron chi connectivity index (χ3n) is 3.92. The maximum Gasteiger partial charge on any atom is 0.214 e. The predicted molar refractivity (Wildman–Crippen MR) is 92.7 cm³/mol. The zero-order chi connectivity index (χ0) is 16.0. The first-order valence-corrected chi connectivity index (χ1v) is 7.97. The molecule has 0 saturated heterocycles. The number of imidazole rings is 2. The minimum Gasteiger partial charge on any atom is -0.313 e. The monoisotopic (exact) mass is 369 g/mol. The molecule has 0 spiro atoms. The summed E-state index contributed by atoms with van der Waals surface area (Å²) in [5.74, 6) is 0.609. The van der Waals surface area contributed by atoms with Gasteiger partial charge in [0, 0.05) is 29.5 Å². The van der Waals surface area contributed by atoms with Crippen molar-refractivity contribution in [3.05, 3.63) is 71.2 Å². The molecule has 4 aromatic rings. The zero-order valence-corrected chi connectivity index (χ0v) is 14.0. The molecule has 5 heteroatoms.